The van der Waals surface area contributed by atoms with E-state index in [2.05, 4.69) is 79.0 Å². The maximum atomic E-state index is 11.5. The number of aliphatic hydroxyl groups is 1. The van der Waals surface area contributed by atoms with Crippen molar-refractivity contribution in [1.82, 2.24) is 5.32 Å². The molecule has 4 aromatic rings. The van der Waals surface area contributed by atoms with Gasteiger partial charge in [0.1, 0.15) is 0 Å². The summed E-state index contributed by atoms with van der Waals surface area (Å²) in [6.45, 7) is 2.16. The molecule has 152 valence electrons. The van der Waals surface area contributed by atoms with Gasteiger partial charge in [0.25, 0.3) is 0 Å². The third-order valence-electron chi connectivity index (χ3n) is 5.46. The van der Waals surface area contributed by atoms with Crippen LogP contribution in [0.25, 0.3) is 10.8 Å². The number of hydrogen-bond acceptors (Lipinski definition) is 3. The fourth-order valence-corrected chi connectivity index (χ4v) is 4.82. The molecule has 3 atom stereocenters. The van der Waals surface area contributed by atoms with Crippen molar-refractivity contribution in [1.29, 1.82) is 0 Å². The summed E-state index contributed by atoms with van der Waals surface area (Å²) in [5.74, 6) is 0.769. The van der Waals surface area contributed by atoms with E-state index in [0.717, 1.165) is 22.1 Å². The fourth-order valence-electron chi connectivity index (χ4n) is 3.82. The summed E-state index contributed by atoms with van der Waals surface area (Å²) in [5.41, 5.74) is 2.19. The first-order chi connectivity index (χ1) is 14.7. The van der Waals surface area contributed by atoms with Crippen LogP contribution in [-0.2, 0) is 0 Å². The number of benzene rings is 4. The zero-order chi connectivity index (χ0) is 20.8. The molecule has 0 bridgehead atoms. The minimum Gasteiger partial charge on any atom is -0.387 e. The average Bonchev–Trinajstić information content (AvgIpc) is 2.82. The smallest absolute Gasteiger partial charge is 0.0957 e. The van der Waals surface area contributed by atoms with Gasteiger partial charge in [-0.2, -0.15) is 0 Å². The molecule has 0 fully saturated rings. The van der Waals surface area contributed by atoms with Crippen LogP contribution < -0.4 is 5.32 Å². The van der Waals surface area contributed by atoms with E-state index in [1.165, 1.54) is 10.5 Å². The Balaban J connectivity index is 1.61. The molecule has 0 unspecified atom stereocenters. The van der Waals surface area contributed by atoms with E-state index in [0.29, 0.717) is 0 Å². The third kappa shape index (κ3) is 4.93. The zero-order valence-corrected chi connectivity index (χ0v) is 17.9. The molecule has 0 radical (unpaired) electrons. The molecule has 4 aromatic carbocycles. The summed E-state index contributed by atoms with van der Waals surface area (Å²) in [4.78, 5) is 1.21. The molecule has 0 aliphatic heterocycles. The molecule has 0 amide bonds. The Morgan fingerprint density at radius 3 is 2.17 bits per heavy atom. The van der Waals surface area contributed by atoms with Gasteiger partial charge in [-0.15, -0.1) is 11.8 Å². The average molecular weight is 414 g/mol. The molecular weight excluding hydrogens is 386 g/mol. The van der Waals surface area contributed by atoms with Crippen LogP contribution in [0.5, 0.6) is 0 Å². The molecule has 2 nitrogen and oxygen atoms in total. The van der Waals surface area contributed by atoms with Gasteiger partial charge in [0.2, 0.25) is 0 Å². The highest BCUT2D eigenvalue weighted by molar-refractivity contribution is 7.99. The summed E-state index contributed by atoms with van der Waals surface area (Å²) >= 11 is 1.77. The maximum Gasteiger partial charge on any atom is 0.0957 e. The molecule has 4 rings (SSSR count). The lowest BCUT2D eigenvalue weighted by Gasteiger charge is -2.29. The van der Waals surface area contributed by atoms with E-state index in [4.69, 9.17) is 0 Å². The van der Waals surface area contributed by atoms with Gasteiger partial charge in [0.05, 0.1) is 6.10 Å². The van der Waals surface area contributed by atoms with Crippen molar-refractivity contribution < 1.29 is 5.11 Å². The monoisotopic (exact) mass is 413 g/mol. The lowest BCUT2D eigenvalue weighted by molar-refractivity contribution is 0.134. The summed E-state index contributed by atoms with van der Waals surface area (Å²) in [7, 11) is 0. The van der Waals surface area contributed by atoms with Crippen LogP contribution >= 0.6 is 11.8 Å². The number of rotatable bonds is 8. The largest absolute Gasteiger partial charge is 0.387 e. The summed E-state index contributed by atoms with van der Waals surface area (Å²) in [5, 5.41) is 17.4. The minimum atomic E-state index is -0.613. The van der Waals surface area contributed by atoms with Gasteiger partial charge in [0, 0.05) is 22.7 Å². The maximum absolute atomic E-state index is 11.5. The minimum absolute atomic E-state index is 0.101. The van der Waals surface area contributed by atoms with Gasteiger partial charge < -0.3 is 10.4 Å². The molecule has 0 saturated carbocycles. The number of nitrogens with one attached hydrogen (secondary N) is 1. The van der Waals surface area contributed by atoms with E-state index in [-0.39, 0.29) is 12.1 Å². The van der Waals surface area contributed by atoms with E-state index in [1.54, 1.807) is 11.8 Å². The van der Waals surface area contributed by atoms with Crippen LogP contribution in [0.4, 0.5) is 0 Å². The Kier molecular flexibility index (Phi) is 6.85. The topological polar surface area (TPSA) is 32.3 Å². The molecule has 0 spiro atoms. The van der Waals surface area contributed by atoms with Crippen LogP contribution in [0.2, 0.25) is 0 Å². The predicted octanol–water partition coefficient (Wildman–Crippen LogP) is 6.38. The van der Waals surface area contributed by atoms with Crippen LogP contribution in [-0.4, -0.2) is 16.9 Å². The number of hydrogen-bond donors (Lipinski definition) is 2. The van der Waals surface area contributed by atoms with Crippen molar-refractivity contribution in [2.45, 2.75) is 30.0 Å². The van der Waals surface area contributed by atoms with Crippen molar-refractivity contribution in [3.63, 3.8) is 0 Å². The Labute approximate surface area is 183 Å². The first kappa shape index (κ1) is 20.7. The Bertz CT molecular complexity index is 1060. The molecule has 0 saturated heterocycles. The molecule has 0 aliphatic carbocycles. The highest BCUT2D eigenvalue weighted by atomic mass is 32.2. The molecular formula is C27H27NOS. The van der Waals surface area contributed by atoms with Gasteiger partial charge in [-0.3, -0.25) is 0 Å². The molecule has 2 N–H and O–H groups in total. The Morgan fingerprint density at radius 1 is 0.767 bits per heavy atom. The second-order valence-corrected chi connectivity index (χ2v) is 8.64. The first-order valence-corrected chi connectivity index (χ1v) is 11.4. The lowest BCUT2D eigenvalue weighted by Crippen LogP contribution is -2.38. The first-order valence-electron chi connectivity index (χ1n) is 10.4. The van der Waals surface area contributed by atoms with E-state index >= 15 is 0 Å². The van der Waals surface area contributed by atoms with Crippen LogP contribution in [0.3, 0.4) is 0 Å². The molecule has 0 aliphatic rings. The van der Waals surface area contributed by atoms with Crippen molar-refractivity contribution in [3.05, 3.63) is 114 Å². The van der Waals surface area contributed by atoms with Gasteiger partial charge in [-0.05, 0) is 41.0 Å². The zero-order valence-electron chi connectivity index (χ0n) is 17.1. The van der Waals surface area contributed by atoms with Crippen molar-refractivity contribution in [2.75, 3.05) is 5.75 Å². The van der Waals surface area contributed by atoms with E-state index in [1.807, 2.05) is 36.4 Å². The molecule has 0 aromatic heterocycles. The third-order valence-corrected chi connectivity index (χ3v) is 6.59. The SMILES string of the molecule is C[C@H](N[C@@H](CSc1ccccc1)[C@H](O)c1cccc2ccccc12)c1ccccc1. The van der Waals surface area contributed by atoms with Gasteiger partial charge in [-0.25, -0.2) is 0 Å². The number of aliphatic hydroxyl groups excluding tert-OH is 1. The van der Waals surface area contributed by atoms with Crippen LogP contribution in [0.1, 0.15) is 30.2 Å². The van der Waals surface area contributed by atoms with Gasteiger partial charge in [0.15, 0.2) is 0 Å². The molecule has 0 heterocycles. The van der Waals surface area contributed by atoms with Gasteiger partial charge in [-0.1, -0.05) is 91.0 Å². The van der Waals surface area contributed by atoms with Crippen molar-refractivity contribution >= 4 is 22.5 Å². The highest BCUT2D eigenvalue weighted by Gasteiger charge is 2.24. The Hall–Kier alpha value is -2.59. The van der Waals surface area contributed by atoms with Crippen molar-refractivity contribution in [3.8, 4) is 0 Å². The Morgan fingerprint density at radius 2 is 1.40 bits per heavy atom. The molecule has 30 heavy (non-hydrogen) atoms. The van der Waals surface area contributed by atoms with Gasteiger partial charge >= 0.3 is 0 Å². The lowest BCUT2D eigenvalue weighted by atomic mass is 9.96. The molecule has 3 heteroatoms. The predicted molar refractivity (Wildman–Crippen MR) is 128 cm³/mol. The summed E-state index contributed by atoms with van der Waals surface area (Å²) < 4.78 is 0. The normalized spacial score (nSPS) is 14.3. The number of thioether (sulfide) groups is 1. The summed E-state index contributed by atoms with van der Waals surface area (Å²) in [6, 6.07) is 35.2. The number of fused-ring (bicyclic) bond motifs is 1. The van der Waals surface area contributed by atoms with Crippen LogP contribution in [0, 0.1) is 0 Å². The standard InChI is InChI=1S/C27H27NOS/c1-20(21-11-4-2-5-12-21)28-26(19-30-23-15-6-3-7-16-23)27(29)25-18-10-14-22-13-8-9-17-24(22)25/h2-18,20,26-29H,19H2,1H3/t20-,26-,27+/m0/s1. The quantitative estimate of drug-likeness (QED) is 0.329. The second-order valence-electron chi connectivity index (χ2n) is 7.54. The van der Waals surface area contributed by atoms with Crippen molar-refractivity contribution in [2.24, 2.45) is 0 Å². The fraction of sp³-hybridized carbons (Fsp3) is 0.185. The van der Waals surface area contributed by atoms with Crippen LogP contribution in [0.15, 0.2) is 108 Å². The highest BCUT2D eigenvalue weighted by Crippen LogP contribution is 2.30. The second kappa shape index (κ2) is 9.94. The van der Waals surface area contributed by atoms with E-state index < -0.39 is 6.10 Å². The van der Waals surface area contributed by atoms with E-state index in [9.17, 15) is 5.11 Å². The summed E-state index contributed by atoms with van der Waals surface area (Å²) in [6.07, 6.45) is -0.613.